The summed E-state index contributed by atoms with van der Waals surface area (Å²) in [5.41, 5.74) is 7.44. The Morgan fingerprint density at radius 3 is 2.75 bits per heavy atom. The molecular weight excluding hydrogens is 202 g/mol. The van der Waals surface area contributed by atoms with Gasteiger partial charge in [-0.25, -0.2) is 0 Å². The smallest absolute Gasteiger partial charge is 0.0637 e. The zero-order chi connectivity index (χ0) is 11.7. The predicted molar refractivity (Wildman–Crippen MR) is 64.1 cm³/mol. The summed E-state index contributed by atoms with van der Waals surface area (Å²) in [4.78, 5) is 4.68. The van der Waals surface area contributed by atoms with Crippen molar-refractivity contribution in [1.29, 1.82) is 0 Å². The van der Waals surface area contributed by atoms with Crippen molar-refractivity contribution in [2.75, 3.05) is 33.7 Å². The highest BCUT2D eigenvalue weighted by Gasteiger charge is 2.29. The van der Waals surface area contributed by atoms with Crippen LogP contribution in [0.4, 0.5) is 0 Å². The van der Waals surface area contributed by atoms with Crippen LogP contribution in [0.25, 0.3) is 0 Å². The molecule has 90 valence electrons. The van der Waals surface area contributed by atoms with Gasteiger partial charge in [-0.15, -0.1) is 0 Å². The number of aryl methyl sites for hydroxylation is 1. The van der Waals surface area contributed by atoms with Crippen LogP contribution in [0.3, 0.4) is 0 Å². The molecule has 2 atom stereocenters. The molecule has 5 nitrogen and oxygen atoms in total. The Hall–Kier alpha value is -0.910. The Morgan fingerprint density at radius 2 is 2.12 bits per heavy atom. The number of rotatable bonds is 2. The molecule has 1 aromatic rings. The van der Waals surface area contributed by atoms with E-state index in [4.69, 9.17) is 5.73 Å². The molecule has 1 saturated heterocycles. The molecule has 2 rings (SSSR count). The summed E-state index contributed by atoms with van der Waals surface area (Å²) in [5.74, 6) is 0. The van der Waals surface area contributed by atoms with Crippen molar-refractivity contribution in [3.63, 3.8) is 0 Å². The third-order valence-electron chi connectivity index (χ3n) is 3.51. The molecule has 0 radical (unpaired) electrons. The van der Waals surface area contributed by atoms with E-state index in [0.29, 0.717) is 6.04 Å². The minimum absolute atomic E-state index is 0.0280. The van der Waals surface area contributed by atoms with Crippen LogP contribution in [0.1, 0.15) is 11.7 Å². The van der Waals surface area contributed by atoms with Crippen molar-refractivity contribution in [3.05, 3.63) is 18.0 Å². The maximum absolute atomic E-state index is 6.34. The highest BCUT2D eigenvalue weighted by Crippen LogP contribution is 2.20. The van der Waals surface area contributed by atoms with Gasteiger partial charge in [0.2, 0.25) is 0 Å². The number of nitrogens with two attached hydrogens (primary N) is 1. The quantitative estimate of drug-likeness (QED) is 0.745. The lowest BCUT2D eigenvalue weighted by Crippen LogP contribution is -2.54. The molecule has 5 heteroatoms. The van der Waals surface area contributed by atoms with Crippen molar-refractivity contribution >= 4 is 0 Å². The first-order valence-corrected chi connectivity index (χ1v) is 5.72. The Labute approximate surface area is 96.8 Å². The van der Waals surface area contributed by atoms with Gasteiger partial charge < -0.3 is 10.6 Å². The second-order valence-electron chi connectivity index (χ2n) is 4.72. The van der Waals surface area contributed by atoms with Gasteiger partial charge in [0.05, 0.1) is 11.7 Å². The number of piperazine rings is 1. The zero-order valence-corrected chi connectivity index (χ0v) is 10.3. The number of hydrogen-bond acceptors (Lipinski definition) is 4. The molecule has 2 unspecified atom stereocenters. The molecule has 0 aliphatic carbocycles. The van der Waals surface area contributed by atoms with Crippen LogP contribution in [0.2, 0.25) is 0 Å². The third-order valence-corrected chi connectivity index (χ3v) is 3.51. The minimum atomic E-state index is 0.0280. The van der Waals surface area contributed by atoms with E-state index in [9.17, 15) is 0 Å². The molecule has 1 fully saturated rings. The monoisotopic (exact) mass is 223 g/mol. The van der Waals surface area contributed by atoms with Crippen LogP contribution in [0, 0.1) is 0 Å². The van der Waals surface area contributed by atoms with Gasteiger partial charge >= 0.3 is 0 Å². The second-order valence-corrected chi connectivity index (χ2v) is 4.72. The third kappa shape index (κ3) is 2.11. The van der Waals surface area contributed by atoms with Gasteiger partial charge in [-0.3, -0.25) is 9.58 Å². The van der Waals surface area contributed by atoms with E-state index >= 15 is 0 Å². The molecule has 2 N–H and O–H groups in total. The summed E-state index contributed by atoms with van der Waals surface area (Å²) in [6.45, 7) is 3.21. The summed E-state index contributed by atoms with van der Waals surface area (Å²) >= 11 is 0. The maximum atomic E-state index is 6.34. The first kappa shape index (κ1) is 11.6. The SMILES string of the molecule is CN1CCN(C)C(C(N)c2ccnn2C)C1. The van der Waals surface area contributed by atoms with Crippen LogP contribution in [0.5, 0.6) is 0 Å². The highest BCUT2D eigenvalue weighted by atomic mass is 15.3. The molecule has 0 amide bonds. The topological polar surface area (TPSA) is 50.3 Å². The molecule has 0 bridgehead atoms. The largest absolute Gasteiger partial charge is 0.321 e. The van der Waals surface area contributed by atoms with Crippen LogP contribution in [-0.2, 0) is 7.05 Å². The highest BCUT2D eigenvalue weighted by molar-refractivity contribution is 5.10. The van der Waals surface area contributed by atoms with E-state index < -0.39 is 0 Å². The van der Waals surface area contributed by atoms with Crippen molar-refractivity contribution in [3.8, 4) is 0 Å². The lowest BCUT2D eigenvalue weighted by molar-refractivity contribution is 0.0956. The van der Waals surface area contributed by atoms with Gasteiger partial charge in [-0.1, -0.05) is 0 Å². The average Bonchev–Trinajstić information content (AvgIpc) is 2.67. The van der Waals surface area contributed by atoms with E-state index in [2.05, 4.69) is 29.0 Å². The number of nitrogens with zero attached hydrogens (tertiary/aromatic N) is 4. The van der Waals surface area contributed by atoms with Crippen molar-refractivity contribution in [2.24, 2.45) is 12.8 Å². The maximum Gasteiger partial charge on any atom is 0.0637 e. The Kier molecular flexibility index (Phi) is 3.28. The summed E-state index contributed by atoms with van der Waals surface area (Å²) in [5, 5.41) is 4.18. The summed E-state index contributed by atoms with van der Waals surface area (Å²) in [6, 6.07) is 2.40. The van der Waals surface area contributed by atoms with Crippen molar-refractivity contribution in [1.82, 2.24) is 19.6 Å². The van der Waals surface area contributed by atoms with E-state index in [1.807, 2.05) is 24.0 Å². The van der Waals surface area contributed by atoms with Crippen LogP contribution in [-0.4, -0.2) is 59.4 Å². The Morgan fingerprint density at radius 1 is 1.38 bits per heavy atom. The van der Waals surface area contributed by atoms with E-state index in [-0.39, 0.29) is 6.04 Å². The van der Waals surface area contributed by atoms with Crippen LogP contribution < -0.4 is 5.73 Å². The van der Waals surface area contributed by atoms with Crippen molar-refractivity contribution < 1.29 is 0 Å². The molecule has 0 aromatic carbocycles. The number of aromatic nitrogens is 2. The Bertz CT molecular complexity index is 348. The summed E-state index contributed by atoms with van der Waals surface area (Å²) in [6.07, 6.45) is 1.81. The molecule has 0 spiro atoms. The fourth-order valence-electron chi connectivity index (χ4n) is 2.34. The molecule has 0 saturated carbocycles. The van der Waals surface area contributed by atoms with Crippen LogP contribution in [0.15, 0.2) is 12.3 Å². The van der Waals surface area contributed by atoms with Gasteiger partial charge in [0.15, 0.2) is 0 Å². The standard InChI is InChI=1S/C11H21N5/c1-14-6-7-15(2)10(8-14)11(12)9-4-5-13-16(9)3/h4-5,10-11H,6-8,12H2,1-3H3. The zero-order valence-electron chi connectivity index (χ0n) is 10.3. The summed E-state index contributed by atoms with van der Waals surface area (Å²) < 4.78 is 1.87. The molecule has 1 aliphatic rings. The lowest BCUT2D eigenvalue weighted by atomic mass is 10.0. The summed E-state index contributed by atoms with van der Waals surface area (Å²) in [7, 11) is 6.24. The first-order chi connectivity index (χ1) is 7.59. The predicted octanol–water partition coefficient (Wildman–Crippen LogP) is -0.334. The molecule has 16 heavy (non-hydrogen) atoms. The van der Waals surface area contributed by atoms with Gasteiger partial charge in [0, 0.05) is 38.9 Å². The van der Waals surface area contributed by atoms with E-state index in [1.165, 1.54) is 0 Å². The van der Waals surface area contributed by atoms with E-state index in [1.54, 1.807) is 0 Å². The number of likely N-dealkylation sites (N-methyl/N-ethyl adjacent to an activating group) is 2. The molecular formula is C11H21N5. The average molecular weight is 223 g/mol. The van der Waals surface area contributed by atoms with Gasteiger partial charge in [-0.05, 0) is 20.2 Å². The minimum Gasteiger partial charge on any atom is -0.321 e. The second kappa shape index (κ2) is 4.53. The van der Waals surface area contributed by atoms with Crippen molar-refractivity contribution in [2.45, 2.75) is 12.1 Å². The lowest BCUT2D eigenvalue weighted by Gasteiger charge is -2.40. The molecule has 1 aromatic heterocycles. The normalized spacial score (nSPS) is 25.9. The van der Waals surface area contributed by atoms with Crippen LogP contribution >= 0.6 is 0 Å². The fourth-order valence-corrected chi connectivity index (χ4v) is 2.34. The van der Waals surface area contributed by atoms with Gasteiger partial charge in [0.25, 0.3) is 0 Å². The van der Waals surface area contributed by atoms with Gasteiger partial charge in [-0.2, -0.15) is 5.10 Å². The Balaban J connectivity index is 2.14. The van der Waals surface area contributed by atoms with E-state index in [0.717, 1.165) is 25.3 Å². The molecule has 2 heterocycles. The van der Waals surface area contributed by atoms with Gasteiger partial charge in [0.1, 0.15) is 0 Å². The number of hydrogen-bond donors (Lipinski definition) is 1. The first-order valence-electron chi connectivity index (χ1n) is 5.72. The molecule has 1 aliphatic heterocycles. The fraction of sp³-hybridized carbons (Fsp3) is 0.727.